The van der Waals surface area contributed by atoms with Crippen molar-refractivity contribution in [1.29, 1.82) is 0 Å². The van der Waals surface area contributed by atoms with Crippen LogP contribution in [0.25, 0.3) is 0 Å². The Morgan fingerprint density at radius 1 is 1.38 bits per heavy atom. The molecule has 8 heteroatoms. The third kappa shape index (κ3) is 3.45. The maximum Gasteiger partial charge on any atom is 0.227 e. The summed E-state index contributed by atoms with van der Waals surface area (Å²) in [4.78, 5) is 9.60. The highest BCUT2D eigenvalue weighted by atomic mass is 32.2. The smallest absolute Gasteiger partial charge is 0.227 e. The standard InChI is InChI=1S/C13H21N3O4S/c1-21(17,18)13-14-8-11(9-15-5-3-7-20-15)16(13)10-12-4-2-6-19-12/h8,12H,2-7,9-10H2,1H3. The topological polar surface area (TPSA) is 73.7 Å². The van der Waals surface area contributed by atoms with Crippen molar-refractivity contribution in [3.05, 3.63) is 11.9 Å². The zero-order valence-electron chi connectivity index (χ0n) is 12.2. The summed E-state index contributed by atoms with van der Waals surface area (Å²) >= 11 is 0. The van der Waals surface area contributed by atoms with Gasteiger partial charge < -0.3 is 9.30 Å². The molecular weight excluding hydrogens is 294 g/mol. The van der Waals surface area contributed by atoms with E-state index >= 15 is 0 Å². The van der Waals surface area contributed by atoms with Gasteiger partial charge in [0, 0.05) is 19.4 Å². The van der Waals surface area contributed by atoms with Crippen LogP contribution in [0.5, 0.6) is 0 Å². The average molecular weight is 315 g/mol. The van der Waals surface area contributed by atoms with Gasteiger partial charge in [0.15, 0.2) is 0 Å². The highest BCUT2D eigenvalue weighted by molar-refractivity contribution is 7.90. The molecule has 1 aromatic heterocycles. The fourth-order valence-corrected chi connectivity index (χ4v) is 3.64. The number of aromatic nitrogens is 2. The summed E-state index contributed by atoms with van der Waals surface area (Å²) in [6.07, 6.45) is 5.88. The second-order valence-corrected chi connectivity index (χ2v) is 7.51. The van der Waals surface area contributed by atoms with Crippen molar-refractivity contribution in [1.82, 2.24) is 14.6 Å². The largest absolute Gasteiger partial charge is 0.376 e. The maximum absolute atomic E-state index is 11.9. The Bertz CT molecular complexity index is 587. The van der Waals surface area contributed by atoms with Gasteiger partial charge in [0.2, 0.25) is 15.0 Å². The highest BCUT2D eigenvalue weighted by Crippen LogP contribution is 2.20. The van der Waals surface area contributed by atoms with E-state index in [1.54, 1.807) is 10.8 Å². The van der Waals surface area contributed by atoms with Crippen molar-refractivity contribution >= 4 is 9.84 Å². The van der Waals surface area contributed by atoms with Gasteiger partial charge in [0.1, 0.15) is 0 Å². The van der Waals surface area contributed by atoms with Crippen LogP contribution in [-0.2, 0) is 32.5 Å². The van der Waals surface area contributed by atoms with Gasteiger partial charge in [-0.2, -0.15) is 5.06 Å². The van der Waals surface area contributed by atoms with Crippen LogP contribution in [-0.4, -0.2) is 55.2 Å². The van der Waals surface area contributed by atoms with Crippen LogP contribution in [0, 0.1) is 0 Å². The molecule has 0 radical (unpaired) electrons. The first kappa shape index (κ1) is 15.0. The molecule has 2 fully saturated rings. The molecule has 7 nitrogen and oxygen atoms in total. The number of ether oxygens (including phenoxy) is 1. The van der Waals surface area contributed by atoms with Gasteiger partial charge >= 0.3 is 0 Å². The van der Waals surface area contributed by atoms with Crippen LogP contribution >= 0.6 is 0 Å². The number of hydroxylamine groups is 2. The fourth-order valence-electron chi connectivity index (χ4n) is 2.81. The van der Waals surface area contributed by atoms with Crippen LogP contribution in [0.3, 0.4) is 0 Å². The molecule has 3 heterocycles. The molecule has 1 unspecified atom stereocenters. The monoisotopic (exact) mass is 315 g/mol. The molecule has 0 amide bonds. The predicted octanol–water partition coefficient (Wildman–Crippen LogP) is 0.603. The summed E-state index contributed by atoms with van der Waals surface area (Å²) in [5.74, 6) is 0. The Balaban J connectivity index is 1.85. The van der Waals surface area contributed by atoms with Gasteiger partial charge in [-0.15, -0.1) is 0 Å². The maximum atomic E-state index is 11.9. The van der Waals surface area contributed by atoms with E-state index in [0.29, 0.717) is 13.1 Å². The number of hydrogen-bond donors (Lipinski definition) is 0. The van der Waals surface area contributed by atoms with Crippen molar-refractivity contribution in [3.8, 4) is 0 Å². The Hall–Kier alpha value is -0.960. The summed E-state index contributed by atoms with van der Waals surface area (Å²) in [7, 11) is -3.35. The molecule has 0 bridgehead atoms. The van der Waals surface area contributed by atoms with E-state index < -0.39 is 9.84 Å². The summed E-state index contributed by atoms with van der Waals surface area (Å²) in [6.45, 7) is 3.41. The summed E-state index contributed by atoms with van der Waals surface area (Å²) in [5.41, 5.74) is 0.854. The van der Waals surface area contributed by atoms with Gasteiger partial charge in [0.25, 0.3) is 0 Å². The minimum absolute atomic E-state index is 0.0675. The van der Waals surface area contributed by atoms with Crippen LogP contribution in [0.4, 0.5) is 0 Å². The minimum Gasteiger partial charge on any atom is -0.376 e. The molecule has 1 aromatic rings. The Labute approximate surface area is 124 Å². The van der Waals surface area contributed by atoms with E-state index in [1.165, 1.54) is 6.26 Å². The first-order valence-corrected chi connectivity index (χ1v) is 9.17. The fraction of sp³-hybridized carbons (Fsp3) is 0.769. The van der Waals surface area contributed by atoms with E-state index in [4.69, 9.17) is 9.57 Å². The molecule has 2 aliphatic heterocycles. The number of hydrogen-bond acceptors (Lipinski definition) is 6. The first-order chi connectivity index (χ1) is 10.0. The zero-order valence-corrected chi connectivity index (χ0v) is 13.0. The molecule has 2 saturated heterocycles. The van der Waals surface area contributed by atoms with Crippen molar-refractivity contribution in [2.45, 2.75) is 43.6 Å². The molecule has 21 heavy (non-hydrogen) atoms. The summed E-state index contributed by atoms with van der Waals surface area (Å²) in [5, 5.41) is 1.97. The highest BCUT2D eigenvalue weighted by Gasteiger charge is 2.25. The molecule has 0 aliphatic carbocycles. The minimum atomic E-state index is -3.35. The van der Waals surface area contributed by atoms with E-state index in [9.17, 15) is 8.42 Å². The molecule has 3 rings (SSSR count). The third-order valence-electron chi connectivity index (χ3n) is 3.81. The molecular formula is C13H21N3O4S. The lowest BCUT2D eigenvalue weighted by molar-refractivity contribution is -0.118. The van der Waals surface area contributed by atoms with E-state index in [2.05, 4.69) is 4.98 Å². The number of nitrogens with zero attached hydrogens (tertiary/aromatic N) is 3. The lowest BCUT2D eigenvalue weighted by Gasteiger charge is -2.18. The SMILES string of the molecule is CS(=O)(=O)c1ncc(CN2CCCO2)n1CC1CCCO1. The third-order valence-corrected chi connectivity index (χ3v) is 4.80. The lowest BCUT2D eigenvalue weighted by Crippen LogP contribution is -2.24. The number of rotatable bonds is 5. The van der Waals surface area contributed by atoms with Crippen LogP contribution in [0.2, 0.25) is 0 Å². The molecule has 0 N–H and O–H groups in total. The van der Waals surface area contributed by atoms with Crippen LogP contribution in [0.15, 0.2) is 11.4 Å². The molecule has 0 spiro atoms. The molecule has 0 aromatic carbocycles. The van der Waals surface area contributed by atoms with E-state index in [-0.39, 0.29) is 11.3 Å². The lowest BCUT2D eigenvalue weighted by atomic mass is 10.2. The molecule has 118 valence electrons. The molecule has 0 saturated carbocycles. The molecule has 1 atom stereocenters. The Morgan fingerprint density at radius 2 is 2.24 bits per heavy atom. The second-order valence-electron chi connectivity index (χ2n) is 5.60. The van der Waals surface area contributed by atoms with Crippen molar-refractivity contribution in [2.24, 2.45) is 0 Å². The van der Waals surface area contributed by atoms with Crippen LogP contribution < -0.4 is 0 Å². The quantitative estimate of drug-likeness (QED) is 0.792. The summed E-state index contributed by atoms with van der Waals surface area (Å²) < 4.78 is 31.2. The second kappa shape index (κ2) is 6.04. The van der Waals surface area contributed by atoms with Crippen LogP contribution in [0.1, 0.15) is 25.0 Å². The van der Waals surface area contributed by atoms with Gasteiger partial charge in [-0.1, -0.05) is 0 Å². The van der Waals surface area contributed by atoms with Crippen molar-refractivity contribution in [3.63, 3.8) is 0 Å². The summed E-state index contributed by atoms with van der Waals surface area (Å²) in [6, 6.07) is 0. The number of imidazole rings is 1. The zero-order chi connectivity index (χ0) is 14.9. The van der Waals surface area contributed by atoms with Gasteiger partial charge in [-0.25, -0.2) is 13.4 Å². The van der Waals surface area contributed by atoms with Gasteiger partial charge in [-0.3, -0.25) is 4.84 Å². The van der Waals surface area contributed by atoms with E-state index in [0.717, 1.165) is 44.7 Å². The Morgan fingerprint density at radius 3 is 2.86 bits per heavy atom. The van der Waals surface area contributed by atoms with Crippen molar-refractivity contribution < 1.29 is 18.0 Å². The average Bonchev–Trinajstić information content (AvgIpc) is 3.13. The number of sulfone groups is 1. The van der Waals surface area contributed by atoms with Gasteiger partial charge in [-0.05, 0) is 19.3 Å². The first-order valence-electron chi connectivity index (χ1n) is 7.28. The van der Waals surface area contributed by atoms with Gasteiger partial charge in [0.05, 0.1) is 37.7 Å². The van der Waals surface area contributed by atoms with Crippen molar-refractivity contribution in [2.75, 3.05) is 26.0 Å². The molecule has 2 aliphatic rings. The normalized spacial score (nSPS) is 24.0. The Kier molecular flexibility index (Phi) is 4.30. The van der Waals surface area contributed by atoms with E-state index in [1.807, 2.05) is 5.06 Å². The predicted molar refractivity (Wildman–Crippen MR) is 75.3 cm³/mol.